The Bertz CT molecular complexity index is 582. The van der Waals surface area contributed by atoms with Crippen molar-refractivity contribution < 1.29 is 9.18 Å². The molecule has 2 aliphatic heterocycles. The number of rotatable bonds is 5. The Kier molecular flexibility index (Phi) is 9.69. The lowest BCUT2D eigenvalue weighted by molar-refractivity contribution is -0.122. The molecule has 0 radical (unpaired) electrons. The summed E-state index contributed by atoms with van der Waals surface area (Å²) < 4.78 is 13.3. The van der Waals surface area contributed by atoms with Crippen LogP contribution in [0, 0.1) is 18.7 Å². The minimum atomic E-state index is -0.195. The van der Waals surface area contributed by atoms with Crippen LogP contribution >= 0.6 is 24.8 Å². The van der Waals surface area contributed by atoms with E-state index in [4.69, 9.17) is 0 Å². The van der Waals surface area contributed by atoms with E-state index in [1.165, 1.54) is 12.5 Å². The van der Waals surface area contributed by atoms with Crippen LogP contribution in [-0.2, 0) is 4.79 Å². The smallest absolute Gasteiger partial charge is 0.220 e. The van der Waals surface area contributed by atoms with Crippen molar-refractivity contribution in [3.63, 3.8) is 0 Å². The van der Waals surface area contributed by atoms with Crippen LogP contribution in [0.25, 0.3) is 0 Å². The number of piperidine rings is 1. The summed E-state index contributed by atoms with van der Waals surface area (Å²) in [7, 11) is 0. The van der Waals surface area contributed by atoms with Gasteiger partial charge < -0.3 is 15.5 Å². The topological polar surface area (TPSA) is 44.4 Å². The largest absolute Gasteiger partial charge is 0.369 e. The summed E-state index contributed by atoms with van der Waals surface area (Å²) >= 11 is 0. The van der Waals surface area contributed by atoms with Crippen molar-refractivity contribution in [3.05, 3.63) is 29.6 Å². The Balaban J connectivity index is 0.00000169. The molecule has 2 heterocycles. The zero-order valence-electron chi connectivity index (χ0n) is 15.3. The first-order valence-electron chi connectivity index (χ1n) is 9.13. The third-order valence-electron chi connectivity index (χ3n) is 5.23. The molecule has 2 fully saturated rings. The number of amides is 1. The van der Waals surface area contributed by atoms with Crippen LogP contribution in [0.3, 0.4) is 0 Å². The van der Waals surface area contributed by atoms with E-state index in [1.807, 2.05) is 13.0 Å². The first-order chi connectivity index (χ1) is 11.6. The van der Waals surface area contributed by atoms with Gasteiger partial charge in [0.2, 0.25) is 5.91 Å². The van der Waals surface area contributed by atoms with Crippen LogP contribution in [0.1, 0.15) is 37.7 Å². The van der Waals surface area contributed by atoms with Gasteiger partial charge in [0.15, 0.2) is 0 Å². The van der Waals surface area contributed by atoms with Crippen molar-refractivity contribution in [2.45, 2.75) is 45.1 Å². The molecular formula is C19H30Cl2FN3O. The lowest BCUT2D eigenvalue weighted by Crippen LogP contribution is -2.48. The van der Waals surface area contributed by atoms with Gasteiger partial charge in [0.05, 0.1) is 0 Å². The molecule has 1 aromatic carbocycles. The average Bonchev–Trinajstić information content (AvgIpc) is 3.06. The van der Waals surface area contributed by atoms with Crippen molar-refractivity contribution in [1.82, 2.24) is 10.6 Å². The van der Waals surface area contributed by atoms with Crippen molar-refractivity contribution in [1.29, 1.82) is 0 Å². The van der Waals surface area contributed by atoms with Crippen molar-refractivity contribution in [2.75, 3.05) is 31.1 Å². The standard InChI is InChI=1S/C19H28FN3O.2ClH/c1-14-11-16(20)5-6-18(14)23-10-2-3-17(13-23)22-19(24)7-4-15-8-9-21-12-15;;/h5-6,11,15,17,21H,2-4,7-10,12-13H2,1H3,(H,22,24);2*1H. The van der Waals surface area contributed by atoms with E-state index in [0.29, 0.717) is 12.3 Å². The summed E-state index contributed by atoms with van der Waals surface area (Å²) in [6.45, 7) is 5.85. The maximum Gasteiger partial charge on any atom is 0.220 e. The van der Waals surface area contributed by atoms with Crippen LogP contribution in [0.5, 0.6) is 0 Å². The number of carbonyl (C=O) groups excluding carboxylic acids is 1. The quantitative estimate of drug-likeness (QED) is 0.788. The fourth-order valence-corrected chi connectivity index (χ4v) is 3.88. The van der Waals surface area contributed by atoms with E-state index < -0.39 is 0 Å². The summed E-state index contributed by atoms with van der Waals surface area (Å²) in [6, 6.07) is 5.13. The molecule has 0 spiro atoms. The van der Waals surface area contributed by atoms with Crippen molar-refractivity contribution in [2.24, 2.45) is 5.92 Å². The van der Waals surface area contributed by atoms with E-state index in [9.17, 15) is 9.18 Å². The highest BCUT2D eigenvalue weighted by Crippen LogP contribution is 2.24. The second-order valence-corrected chi connectivity index (χ2v) is 7.18. The summed E-state index contributed by atoms with van der Waals surface area (Å²) in [5.41, 5.74) is 2.03. The molecule has 0 aromatic heterocycles. The molecule has 2 unspecified atom stereocenters. The monoisotopic (exact) mass is 405 g/mol. The van der Waals surface area contributed by atoms with Gasteiger partial charge >= 0.3 is 0 Å². The summed E-state index contributed by atoms with van der Waals surface area (Å²) in [6.07, 6.45) is 4.86. The van der Waals surface area contributed by atoms with E-state index in [1.54, 1.807) is 6.07 Å². The molecule has 2 saturated heterocycles. The molecule has 2 aliphatic rings. The molecule has 3 rings (SSSR count). The van der Waals surface area contributed by atoms with E-state index in [-0.39, 0.29) is 42.6 Å². The van der Waals surface area contributed by atoms with Crippen LogP contribution in [0.4, 0.5) is 10.1 Å². The van der Waals surface area contributed by atoms with Gasteiger partial charge in [-0.15, -0.1) is 24.8 Å². The van der Waals surface area contributed by atoms with Crippen molar-refractivity contribution in [3.8, 4) is 0 Å². The molecule has 0 aliphatic carbocycles. The van der Waals surface area contributed by atoms with Gasteiger partial charge in [-0.2, -0.15) is 0 Å². The molecular weight excluding hydrogens is 376 g/mol. The molecule has 26 heavy (non-hydrogen) atoms. The van der Waals surface area contributed by atoms with Crippen LogP contribution in [-0.4, -0.2) is 38.1 Å². The first-order valence-corrected chi connectivity index (χ1v) is 9.13. The third-order valence-corrected chi connectivity index (χ3v) is 5.23. The highest BCUT2D eigenvalue weighted by atomic mass is 35.5. The van der Waals surface area contributed by atoms with Gasteiger partial charge in [-0.25, -0.2) is 4.39 Å². The molecule has 0 bridgehead atoms. The number of anilines is 1. The molecule has 2 N–H and O–H groups in total. The number of benzene rings is 1. The highest BCUT2D eigenvalue weighted by molar-refractivity contribution is 5.85. The minimum absolute atomic E-state index is 0. The Morgan fingerprint density at radius 2 is 2.15 bits per heavy atom. The normalized spacial score (nSPS) is 22.3. The number of carbonyl (C=O) groups is 1. The Morgan fingerprint density at radius 1 is 1.35 bits per heavy atom. The zero-order valence-corrected chi connectivity index (χ0v) is 16.9. The number of aryl methyl sites for hydroxylation is 1. The van der Waals surface area contributed by atoms with Crippen molar-refractivity contribution >= 4 is 36.4 Å². The van der Waals surface area contributed by atoms with Crippen LogP contribution < -0.4 is 15.5 Å². The van der Waals surface area contributed by atoms with E-state index in [2.05, 4.69) is 15.5 Å². The lowest BCUT2D eigenvalue weighted by Gasteiger charge is -2.35. The number of nitrogens with zero attached hydrogens (tertiary/aromatic N) is 1. The van der Waals surface area contributed by atoms with Crippen LogP contribution in [0.2, 0.25) is 0 Å². The molecule has 0 saturated carbocycles. The van der Waals surface area contributed by atoms with E-state index >= 15 is 0 Å². The SMILES string of the molecule is Cc1cc(F)ccc1N1CCCC(NC(=O)CCC2CCNC2)C1.Cl.Cl. The predicted molar refractivity (Wildman–Crippen MR) is 109 cm³/mol. The summed E-state index contributed by atoms with van der Waals surface area (Å²) in [5.74, 6) is 0.629. The minimum Gasteiger partial charge on any atom is -0.369 e. The van der Waals surface area contributed by atoms with Gasteiger partial charge in [0.1, 0.15) is 5.82 Å². The number of nitrogens with one attached hydrogen (secondary N) is 2. The molecule has 1 amide bonds. The number of hydrogen-bond acceptors (Lipinski definition) is 3. The number of halogens is 3. The predicted octanol–water partition coefficient (Wildman–Crippen LogP) is 3.45. The molecule has 1 aromatic rings. The maximum atomic E-state index is 13.3. The molecule has 2 atom stereocenters. The molecule has 7 heteroatoms. The molecule has 4 nitrogen and oxygen atoms in total. The third kappa shape index (κ3) is 6.29. The fourth-order valence-electron chi connectivity index (χ4n) is 3.88. The maximum absolute atomic E-state index is 13.3. The van der Waals surface area contributed by atoms with Gasteiger partial charge in [-0.05, 0) is 75.4 Å². The summed E-state index contributed by atoms with van der Waals surface area (Å²) in [5, 5.41) is 6.54. The van der Waals surface area contributed by atoms with Gasteiger partial charge in [0, 0.05) is 31.2 Å². The number of hydrogen-bond donors (Lipinski definition) is 2. The Labute approximate surface area is 168 Å². The Hall–Kier alpha value is -1.04. The lowest BCUT2D eigenvalue weighted by atomic mass is 10.0. The molecule has 148 valence electrons. The van der Waals surface area contributed by atoms with Gasteiger partial charge in [-0.1, -0.05) is 0 Å². The van der Waals surface area contributed by atoms with E-state index in [0.717, 1.165) is 56.7 Å². The average molecular weight is 406 g/mol. The first kappa shape index (κ1) is 23.0. The fraction of sp³-hybridized carbons (Fsp3) is 0.632. The highest BCUT2D eigenvalue weighted by Gasteiger charge is 2.23. The van der Waals surface area contributed by atoms with Crippen LogP contribution in [0.15, 0.2) is 18.2 Å². The van der Waals surface area contributed by atoms with Gasteiger partial charge in [0.25, 0.3) is 0 Å². The second-order valence-electron chi connectivity index (χ2n) is 7.18. The Morgan fingerprint density at radius 3 is 2.85 bits per heavy atom. The summed E-state index contributed by atoms with van der Waals surface area (Å²) in [4.78, 5) is 14.5. The zero-order chi connectivity index (χ0) is 16.9. The second kappa shape index (κ2) is 11.0. The van der Waals surface area contributed by atoms with Gasteiger partial charge in [-0.3, -0.25) is 4.79 Å².